The van der Waals surface area contributed by atoms with Gasteiger partial charge in [-0.15, -0.1) is 0 Å². The topological polar surface area (TPSA) is 39.1 Å². The molecule has 0 unspecified atom stereocenters. The Bertz CT molecular complexity index is 296. The van der Waals surface area contributed by atoms with Crippen molar-refractivity contribution in [3.05, 3.63) is 16.4 Å². The molecule has 1 aromatic rings. The lowest BCUT2D eigenvalue weighted by atomic mass is 10.2. The number of rotatable bonds is 3. The van der Waals surface area contributed by atoms with Crippen LogP contribution in [0, 0.1) is 0 Å². The third kappa shape index (κ3) is 2.10. The van der Waals surface area contributed by atoms with Gasteiger partial charge in [0.25, 0.3) is 0 Å². The van der Waals surface area contributed by atoms with Crippen LogP contribution < -0.4 is 5.32 Å². The first kappa shape index (κ1) is 9.18. The van der Waals surface area contributed by atoms with Crippen molar-refractivity contribution in [2.45, 2.75) is 12.7 Å². The molecule has 72 valence electrons. The molecule has 0 amide bonds. The van der Waals surface area contributed by atoms with Crippen molar-refractivity contribution in [2.75, 3.05) is 13.1 Å². The van der Waals surface area contributed by atoms with Gasteiger partial charge in [-0.2, -0.15) is 5.10 Å². The number of aryl methyl sites for hydroxylation is 1. The van der Waals surface area contributed by atoms with E-state index in [0.29, 0.717) is 12.7 Å². The standard InChI is InChI=1S/C8H12BrN3O/c1-12-4-7(9)8(11-12)5-13-6-2-10-3-6/h4,6,10H,2-3,5H2,1H3. The molecule has 0 bridgehead atoms. The van der Waals surface area contributed by atoms with Crippen LogP contribution >= 0.6 is 15.9 Å². The fourth-order valence-corrected chi connectivity index (χ4v) is 1.67. The molecule has 1 aromatic heterocycles. The predicted octanol–water partition coefficient (Wildman–Crippen LogP) is 0.671. The van der Waals surface area contributed by atoms with Gasteiger partial charge in [0, 0.05) is 26.3 Å². The lowest BCUT2D eigenvalue weighted by Gasteiger charge is -2.26. The Morgan fingerprint density at radius 2 is 2.54 bits per heavy atom. The minimum atomic E-state index is 0.369. The predicted molar refractivity (Wildman–Crippen MR) is 52.4 cm³/mol. The molecule has 0 aliphatic carbocycles. The van der Waals surface area contributed by atoms with Crippen LogP contribution in [-0.4, -0.2) is 29.0 Å². The Balaban J connectivity index is 1.89. The van der Waals surface area contributed by atoms with Gasteiger partial charge >= 0.3 is 0 Å². The van der Waals surface area contributed by atoms with E-state index >= 15 is 0 Å². The Labute approximate surface area is 85.4 Å². The van der Waals surface area contributed by atoms with Gasteiger partial charge in [-0.25, -0.2) is 0 Å². The lowest BCUT2D eigenvalue weighted by Crippen LogP contribution is -2.48. The van der Waals surface area contributed by atoms with Crippen LogP contribution in [0.5, 0.6) is 0 Å². The molecule has 0 atom stereocenters. The number of hydrogen-bond acceptors (Lipinski definition) is 3. The van der Waals surface area contributed by atoms with Crippen LogP contribution in [0.2, 0.25) is 0 Å². The SMILES string of the molecule is Cn1cc(Br)c(COC2CNC2)n1. The van der Waals surface area contributed by atoms with Gasteiger partial charge in [0.1, 0.15) is 5.69 Å². The zero-order valence-corrected chi connectivity index (χ0v) is 9.04. The number of halogens is 1. The summed E-state index contributed by atoms with van der Waals surface area (Å²) in [5.41, 5.74) is 0.967. The van der Waals surface area contributed by atoms with E-state index < -0.39 is 0 Å². The van der Waals surface area contributed by atoms with E-state index in [0.717, 1.165) is 23.3 Å². The molecule has 4 nitrogen and oxygen atoms in total. The number of nitrogens with one attached hydrogen (secondary N) is 1. The molecule has 0 aromatic carbocycles. The normalized spacial score (nSPS) is 17.4. The van der Waals surface area contributed by atoms with Gasteiger partial charge in [0.05, 0.1) is 17.2 Å². The summed E-state index contributed by atoms with van der Waals surface area (Å²) in [6.07, 6.45) is 2.30. The smallest absolute Gasteiger partial charge is 0.102 e. The number of nitrogens with zero attached hydrogens (tertiary/aromatic N) is 2. The lowest BCUT2D eigenvalue weighted by molar-refractivity contribution is 0.00564. The van der Waals surface area contributed by atoms with Crippen molar-refractivity contribution >= 4 is 15.9 Å². The first-order chi connectivity index (χ1) is 6.25. The zero-order chi connectivity index (χ0) is 9.26. The molecule has 1 fully saturated rings. The summed E-state index contributed by atoms with van der Waals surface area (Å²) < 4.78 is 8.39. The van der Waals surface area contributed by atoms with Crippen molar-refractivity contribution in [3.63, 3.8) is 0 Å². The monoisotopic (exact) mass is 245 g/mol. The summed E-state index contributed by atoms with van der Waals surface area (Å²) in [6, 6.07) is 0. The Morgan fingerprint density at radius 1 is 1.77 bits per heavy atom. The van der Waals surface area contributed by atoms with Gasteiger partial charge in [0.15, 0.2) is 0 Å². The van der Waals surface area contributed by atoms with Crippen molar-refractivity contribution in [1.82, 2.24) is 15.1 Å². The van der Waals surface area contributed by atoms with E-state index in [1.54, 1.807) is 4.68 Å². The molecular formula is C8H12BrN3O. The van der Waals surface area contributed by atoms with Crippen molar-refractivity contribution < 1.29 is 4.74 Å². The molecule has 0 spiro atoms. The van der Waals surface area contributed by atoms with E-state index in [4.69, 9.17) is 4.74 Å². The molecule has 1 aliphatic rings. The third-order valence-corrected chi connectivity index (χ3v) is 2.72. The Morgan fingerprint density at radius 3 is 3.00 bits per heavy atom. The van der Waals surface area contributed by atoms with Crippen LogP contribution in [0.4, 0.5) is 0 Å². The van der Waals surface area contributed by atoms with Gasteiger partial charge in [-0.05, 0) is 15.9 Å². The van der Waals surface area contributed by atoms with Crippen molar-refractivity contribution in [1.29, 1.82) is 0 Å². The van der Waals surface area contributed by atoms with Crippen molar-refractivity contribution in [2.24, 2.45) is 7.05 Å². The average Bonchev–Trinajstić information content (AvgIpc) is 2.27. The van der Waals surface area contributed by atoms with E-state index in [-0.39, 0.29) is 0 Å². The van der Waals surface area contributed by atoms with Crippen LogP contribution in [0.25, 0.3) is 0 Å². The van der Waals surface area contributed by atoms with Crippen LogP contribution in [0.15, 0.2) is 10.7 Å². The summed E-state index contributed by atoms with van der Waals surface area (Å²) in [5, 5.41) is 7.42. The summed E-state index contributed by atoms with van der Waals surface area (Å²) in [6.45, 7) is 2.52. The second kappa shape index (κ2) is 3.77. The van der Waals surface area contributed by atoms with Gasteiger partial charge in [-0.1, -0.05) is 0 Å². The molecule has 0 radical (unpaired) electrons. The van der Waals surface area contributed by atoms with Crippen LogP contribution in [0.1, 0.15) is 5.69 Å². The minimum Gasteiger partial charge on any atom is -0.369 e. The molecule has 1 saturated heterocycles. The number of ether oxygens (including phenoxy) is 1. The third-order valence-electron chi connectivity index (χ3n) is 2.05. The molecule has 5 heteroatoms. The maximum atomic E-state index is 5.59. The Hall–Kier alpha value is -0.390. The zero-order valence-electron chi connectivity index (χ0n) is 7.46. The first-order valence-corrected chi connectivity index (χ1v) is 5.05. The van der Waals surface area contributed by atoms with E-state index in [1.165, 1.54) is 0 Å². The van der Waals surface area contributed by atoms with E-state index in [1.807, 2.05) is 13.2 Å². The second-order valence-electron chi connectivity index (χ2n) is 3.19. The summed E-state index contributed by atoms with van der Waals surface area (Å²) in [4.78, 5) is 0. The largest absolute Gasteiger partial charge is 0.369 e. The van der Waals surface area contributed by atoms with E-state index in [2.05, 4.69) is 26.3 Å². The highest BCUT2D eigenvalue weighted by Gasteiger charge is 2.17. The number of hydrogen-bond donors (Lipinski definition) is 1. The number of aromatic nitrogens is 2. The van der Waals surface area contributed by atoms with Gasteiger partial charge in [0.2, 0.25) is 0 Å². The van der Waals surface area contributed by atoms with Crippen LogP contribution in [0.3, 0.4) is 0 Å². The Kier molecular flexibility index (Phi) is 2.66. The maximum Gasteiger partial charge on any atom is 0.102 e. The van der Waals surface area contributed by atoms with Crippen molar-refractivity contribution in [3.8, 4) is 0 Å². The summed E-state index contributed by atoms with van der Waals surface area (Å²) in [5.74, 6) is 0. The van der Waals surface area contributed by atoms with Gasteiger partial charge < -0.3 is 10.1 Å². The molecular weight excluding hydrogens is 234 g/mol. The maximum absolute atomic E-state index is 5.59. The molecule has 13 heavy (non-hydrogen) atoms. The molecule has 0 saturated carbocycles. The quantitative estimate of drug-likeness (QED) is 0.852. The fraction of sp³-hybridized carbons (Fsp3) is 0.625. The minimum absolute atomic E-state index is 0.369. The van der Waals surface area contributed by atoms with Gasteiger partial charge in [-0.3, -0.25) is 4.68 Å². The van der Waals surface area contributed by atoms with E-state index in [9.17, 15) is 0 Å². The molecule has 2 heterocycles. The van der Waals surface area contributed by atoms with Crippen LogP contribution in [-0.2, 0) is 18.4 Å². The molecule has 2 rings (SSSR count). The average molecular weight is 246 g/mol. The highest BCUT2D eigenvalue weighted by Crippen LogP contribution is 2.16. The first-order valence-electron chi connectivity index (χ1n) is 4.26. The summed E-state index contributed by atoms with van der Waals surface area (Å²) >= 11 is 3.43. The second-order valence-corrected chi connectivity index (χ2v) is 4.04. The highest BCUT2D eigenvalue weighted by atomic mass is 79.9. The summed E-state index contributed by atoms with van der Waals surface area (Å²) in [7, 11) is 1.90. The highest BCUT2D eigenvalue weighted by molar-refractivity contribution is 9.10. The molecule has 1 aliphatic heterocycles. The molecule has 1 N–H and O–H groups in total. The fourth-order valence-electron chi connectivity index (χ4n) is 1.18.